The highest BCUT2D eigenvalue weighted by molar-refractivity contribution is 6.00. The van der Waals surface area contributed by atoms with Crippen LogP contribution in [-0.4, -0.2) is 24.3 Å². The smallest absolute Gasteiger partial charge is 0.163 e. The first-order valence-electron chi connectivity index (χ1n) is 9.54. The van der Waals surface area contributed by atoms with Gasteiger partial charge >= 0.3 is 0 Å². The van der Waals surface area contributed by atoms with Gasteiger partial charge in [-0.15, -0.1) is 5.10 Å². The summed E-state index contributed by atoms with van der Waals surface area (Å²) in [6, 6.07) is 17.0. The van der Waals surface area contributed by atoms with Crippen molar-refractivity contribution in [1.82, 2.24) is 24.3 Å². The molecule has 0 saturated carbocycles. The molecular weight excluding hydrogens is 360 g/mol. The van der Waals surface area contributed by atoms with Gasteiger partial charge in [0.05, 0.1) is 18.6 Å². The molecule has 0 amide bonds. The second-order valence-corrected chi connectivity index (χ2v) is 7.34. The Morgan fingerprint density at radius 1 is 1.00 bits per heavy atom. The van der Waals surface area contributed by atoms with Crippen molar-refractivity contribution >= 4 is 16.7 Å². The zero-order valence-corrected chi connectivity index (χ0v) is 15.8. The normalized spacial score (nSPS) is 15.0. The molecule has 1 atom stereocenters. The number of nitrogens with one attached hydrogen (secondary N) is 1. The largest absolute Gasteiger partial charge is 0.374 e. The summed E-state index contributed by atoms with van der Waals surface area (Å²) >= 11 is 0. The molecule has 0 spiro atoms. The average molecular weight is 378 g/mol. The number of aromatic nitrogens is 5. The molecule has 0 fully saturated rings. The summed E-state index contributed by atoms with van der Waals surface area (Å²) in [7, 11) is 2.02. The van der Waals surface area contributed by atoms with Gasteiger partial charge in [-0.2, -0.15) is 5.10 Å². The van der Waals surface area contributed by atoms with Crippen LogP contribution < -0.4 is 5.32 Å². The zero-order valence-electron chi connectivity index (χ0n) is 15.8. The summed E-state index contributed by atoms with van der Waals surface area (Å²) in [6.07, 6.45) is 9.58. The van der Waals surface area contributed by atoms with E-state index in [-0.39, 0.29) is 6.04 Å². The SMILES string of the molecule is Cn1cc2c3c(cnnc31)-c1ccccc1NC2c1ccc(-n2ccnc2)cc1. The minimum absolute atomic E-state index is 0.0159. The van der Waals surface area contributed by atoms with Crippen molar-refractivity contribution in [2.45, 2.75) is 6.04 Å². The van der Waals surface area contributed by atoms with Crippen molar-refractivity contribution in [2.75, 3.05) is 5.32 Å². The van der Waals surface area contributed by atoms with Crippen LogP contribution in [0.3, 0.4) is 0 Å². The minimum atomic E-state index is 0.0159. The van der Waals surface area contributed by atoms with Crippen LogP contribution >= 0.6 is 0 Å². The van der Waals surface area contributed by atoms with Crippen molar-refractivity contribution < 1.29 is 0 Å². The number of rotatable bonds is 2. The first kappa shape index (κ1) is 16.1. The van der Waals surface area contributed by atoms with Crippen molar-refractivity contribution in [2.24, 2.45) is 7.05 Å². The van der Waals surface area contributed by atoms with Crippen LogP contribution in [0.2, 0.25) is 0 Å². The highest BCUT2D eigenvalue weighted by atomic mass is 15.2. The van der Waals surface area contributed by atoms with Gasteiger partial charge in [-0.25, -0.2) is 4.98 Å². The fourth-order valence-electron chi connectivity index (χ4n) is 4.26. The molecule has 0 saturated heterocycles. The molecule has 0 radical (unpaired) electrons. The molecule has 140 valence electrons. The average Bonchev–Trinajstić information content (AvgIpc) is 3.38. The van der Waals surface area contributed by atoms with Gasteiger partial charge in [0.15, 0.2) is 5.65 Å². The Labute approximate surface area is 167 Å². The Kier molecular flexibility index (Phi) is 3.34. The summed E-state index contributed by atoms with van der Waals surface area (Å²) in [5, 5.41) is 13.6. The third-order valence-electron chi connectivity index (χ3n) is 5.64. The van der Waals surface area contributed by atoms with Crippen LogP contribution in [0.1, 0.15) is 17.2 Å². The predicted molar refractivity (Wildman–Crippen MR) is 113 cm³/mol. The number of aryl methyl sites for hydroxylation is 1. The van der Waals surface area contributed by atoms with Crippen LogP contribution in [0.4, 0.5) is 5.69 Å². The molecule has 29 heavy (non-hydrogen) atoms. The molecule has 6 heteroatoms. The number of hydrogen-bond acceptors (Lipinski definition) is 4. The second-order valence-electron chi connectivity index (χ2n) is 7.34. The monoisotopic (exact) mass is 378 g/mol. The van der Waals surface area contributed by atoms with E-state index in [1.54, 1.807) is 6.20 Å². The molecule has 1 unspecified atom stereocenters. The Bertz CT molecular complexity index is 1330. The van der Waals surface area contributed by atoms with Gasteiger partial charge in [-0.3, -0.25) is 0 Å². The van der Waals surface area contributed by atoms with Crippen LogP contribution in [-0.2, 0) is 7.05 Å². The maximum atomic E-state index is 4.41. The Morgan fingerprint density at radius 3 is 2.69 bits per heavy atom. The molecule has 1 N–H and O–H groups in total. The van der Waals surface area contributed by atoms with Crippen LogP contribution in [0.5, 0.6) is 0 Å². The topological polar surface area (TPSA) is 60.6 Å². The summed E-state index contributed by atoms with van der Waals surface area (Å²) < 4.78 is 4.06. The lowest BCUT2D eigenvalue weighted by Gasteiger charge is -2.20. The lowest BCUT2D eigenvalue weighted by Crippen LogP contribution is -2.11. The van der Waals surface area contributed by atoms with Gasteiger partial charge in [-0.1, -0.05) is 30.3 Å². The van der Waals surface area contributed by atoms with Crippen molar-refractivity contribution in [1.29, 1.82) is 0 Å². The number of imidazole rings is 1. The first-order chi connectivity index (χ1) is 14.3. The van der Waals surface area contributed by atoms with Crippen LogP contribution in [0.25, 0.3) is 27.8 Å². The number of nitrogens with zero attached hydrogens (tertiary/aromatic N) is 5. The van der Waals surface area contributed by atoms with E-state index in [4.69, 9.17) is 0 Å². The maximum Gasteiger partial charge on any atom is 0.163 e. The molecule has 6 rings (SSSR count). The zero-order chi connectivity index (χ0) is 19.4. The fraction of sp³-hybridized carbons (Fsp3) is 0.0870. The predicted octanol–water partition coefficient (Wildman–Crippen LogP) is 4.34. The van der Waals surface area contributed by atoms with E-state index < -0.39 is 0 Å². The van der Waals surface area contributed by atoms with Crippen molar-refractivity contribution in [3.8, 4) is 16.8 Å². The third-order valence-corrected chi connectivity index (χ3v) is 5.64. The Balaban J connectivity index is 1.56. The molecule has 3 aromatic heterocycles. The Morgan fingerprint density at radius 2 is 1.86 bits per heavy atom. The molecule has 2 aromatic carbocycles. The van der Waals surface area contributed by atoms with Gasteiger partial charge in [-0.05, 0) is 23.8 Å². The van der Waals surface area contributed by atoms with Gasteiger partial charge in [0.2, 0.25) is 0 Å². The molecule has 0 aliphatic carbocycles. The molecule has 0 bridgehead atoms. The number of hydrogen-bond donors (Lipinski definition) is 1. The molecule has 5 aromatic rings. The molecular formula is C23H18N6. The quantitative estimate of drug-likeness (QED) is 0.496. The van der Waals surface area contributed by atoms with E-state index in [0.29, 0.717) is 0 Å². The third kappa shape index (κ3) is 2.39. The van der Waals surface area contributed by atoms with Gasteiger partial charge in [0.25, 0.3) is 0 Å². The number of anilines is 1. The minimum Gasteiger partial charge on any atom is -0.374 e. The lowest BCUT2D eigenvalue weighted by molar-refractivity contribution is 0.891. The standard InChI is InChI=1S/C23H18N6/c1-28-13-19-21-18(12-25-27-23(21)28)17-4-2-3-5-20(17)26-22(19)15-6-8-16(9-7-15)29-11-10-24-14-29/h2-14,22,26H,1H3. The van der Waals surface area contributed by atoms with E-state index in [1.807, 2.05) is 30.3 Å². The number of fused-ring (bicyclic) bond motifs is 2. The van der Waals surface area contributed by atoms with Crippen molar-refractivity contribution in [3.05, 3.63) is 90.8 Å². The summed E-state index contributed by atoms with van der Waals surface area (Å²) in [5.41, 5.74) is 7.76. The van der Waals surface area contributed by atoms with Crippen LogP contribution in [0, 0.1) is 0 Å². The summed E-state index contributed by atoms with van der Waals surface area (Å²) in [4.78, 5) is 4.14. The molecule has 6 nitrogen and oxygen atoms in total. The summed E-state index contributed by atoms with van der Waals surface area (Å²) in [6.45, 7) is 0. The second kappa shape index (κ2) is 6.04. The van der Waals surface area contributed by atoms with E-state index >= 15 is 0 Å². The highest BCUT2D eigenvalue weighted by Gasteiger charge is 2.27. The number of para-hydroxylation sites is 1. The Hall–Kier alpha value is -3.93. The van der Waals surface area contributed by atoms with Gasteiger partial charge < -0.3 is 14.5 Å². The van der Waals surface area contributed by atoms with Crippen molar-refractivity contribution in [3.63, 3.8) is 0 Å². The van der Waals surface area contributed by atoms with Crippen LogP contribution in [0.15, 0.2) is 79.6 Å². The molecule has 1 aliphatic heterocycles. The molecule has 1 aliphatic rings. The van der Waals surface area contributed by atoms with E-state index in [9.17, 15) is 0 Å². The molecule has 4 heterocycles. The highest BCUT2D eigenvalue weighted by Crippen LogP contribution is 2.43. The van der Waals surface area contributed by atoms with Gasteiger partial charge in [0, 0.05) is 59.1 Å². The summed E-state index contributed by atoms with van der Waals surface area (Å²) in [5.74, 6) is 0. The number of benzene rings is 2. The van der Waals surface area contributed by atoms with Gasteiger partial charge in [0.1, 0.15) is 0 Å². The maximum absolute atomic E-state index is 4.41. The van der Waals surface area contributed by atoms with E-state index in [2.05, 4.69) is 79.8 Å². The fourth-order valence-corrected chi connectivity index (χ4v) is 4.26. The first-order valence-corrected chi connectivity index (χ1v) is 9.54. The van der Waals surface area contributed by atoms with E-state index in [1.165, 1.54) is 11.1 Å². The lowest BCUT2D eigenvalue weighted by atomic mass is 9.97. The van der Waals surface area contributed by atoms with E-state index in [0.717, 1.165) is 33.5 Å².